The summed E-state index contributed by atoms with van der Waals surface area (Å²) in [6, 6.07) is 0. The van der Waals surface area contributed by atoms with Gasteiger partial charge in [-0.2, -0.15) is 0 Å². The molecule has 0 fully saturated rings. The molecule has 0 amide bonds. The Hall–Kier alpha value is -2.12. The van der Waals surface area contributed by atoms with Crippen LogP contribution in [0.15, 0.2) is 0 Å². The normalized spacial score (nSPS) is 12.6. The molecule has 0 aromatic rings. The molecule has 40 heavy (non-hydrogen) atoms. The van der Waals surface area contributed by atoms with Crippen molar-refractivity contribution in [3.63, 3.8) is 0 Å². The molecule has 0 rings (SSSR count). The molecule has 8 nitrogen and oxygen atoms in total. The summed E-state index contributed by atoms with van der Waals surface area (Å²) in [4.78, 5) is 48.4. The monoisotopic (exact) mass is 570 g/mol. The maximum atomic E-state index is 12.7. The molecule has 0 aliphatic heterocycles. The van der Waals surface area contributed by atoms with E-state index in [1.165, 1.54) is 77.0 Å². The standard InChI is InChI=1S/C32H58O8/c1-3-5-7-9-11-13-15-17-19-21-23-39-31(37)27(25-29(33)34)28(26-30(35)36)32(38)40-24-22-20-18-16-14-12-10-8-6-4-2/h27-28H,3-26H2,1-2H3,(H,33,34)(H,35,36). The number of aliphatic carboxylic acids is 2. The van der Waals surface area contributed by atoms with Gasteiger partial charge in [0.25, 0.3) is 0 Å². The molecule has 0 aromatic carbocycles. The third-order valence-electron chi connectivity index (χ3n) is 7.36. The van der Waals surface area contributed by atoms with Crippen molar-refractivity contribution in [2.24, 2.45) is 11.8 Å². The zero-order valence-electron chi connectivity index (χ0n) is 25.5. The number of unbranched alkanes of at least 4 members (excludes halogenated alkanes) is 18. The smallest absolute Gasteiger partial charge is 0.310 e. The predicted octanol–water partition coefficient (Wildman–Crippen LogP) is 8.10. The van der Waals surface area contributed by atoms with Crippen molar-refractivity contribution in [3.05, 3.63) is 0 Å². The number of hydrogen-bond acceptors (Lipinski definition) is 6. The molecule has 0 radical (unpaired) electrons. The van der Waals surface area contributed by atoms with E-state index in [1.54, 1.807) is 0 Å². The number of ether oxygens (including phenoxy) is 2. The number of carboxylic acid groups (broad SMARTS) is 2. The van der Waals surface area contributed by atoms with Crippen molar-refractivity contribution in [2.75, 3.05) is 13.2 Å². The first kappa shape index (κ1) is 37.9. The van der Waals surface area contributed by atoms with E-state index >= 15 is 0 Å². The van der Waals surface area contributed by atoms with Crippen LogP contribution < -0.4 is 0 Å². The Morgan fingerprint density at radius 2 is 0.700 bits per heavy atom. The highest BCUT2D eigenvalue weighted by Crippen LogP contribution is 2.24. The van der Waals surface area contributed by atoms with E-state index in [9.17, 15) is 29.4 Å². The number of carbonyl (C=O) groups excluding carboxylic acids is 2. The van der Waals surface area contributed by atoms with Crippen molar-refractivity contribution < 1.29 is 38.9 Å². The topological polar surface area (TPSA) is 127 Å². The van der Waals surface area contributed by atoms with Gasteiger partial charge in [0, 0.05) is 0 Å². The van der Waals surface area contributed by atoms with Crippen molar-refractivity contribution >= 4 is 23.9 Å². The van der Waals surface area contributed by atoms with Crippen LogP contribution in [0.4, 0.5) is 0 Å². The number of rotatable bonds is 29. The SMILES string of the molecule is CCCCCCCCCCCCOC(=O)C(CC(=O)O)C(CC(=O)O)C(=O)OCCCCCCCCCCCC. The Morgan fingerprint density at radius 3 is 0.950 bits per heavy atom. The number of esters is 2. The van der Waals surface area contributed by atoms with Gasteiger partial charge >= 0.3 is 23.9 Å². The number of hydrogen-bond donors (Lipinski definition) is 2. The molecule has 0 spiro atoms. The molecule has 0 aromatic heterocycles. The zero-order chi connectivity index (χ0) is 29.8. The van der Waals surface area contributed by atoms with E-state index in [-0.39, 0.29) is 13.2 Å². The molecular formula is C32H58O8. The highest BCUT2D eigenvalue weighted by atomic mass is 16.5. The maximum Gasteiger partial charge on any atom is 0.310 e. The minimum absolute atomic E-state index is 0.124. The first-order valence-electron chi connectivity index (χ1n) is 16.1. The fourth-order valence-corrected chi connectivity index (χ4v) is 4.89. The summed E-state index contributed by atoms with van der Waals surface area (Å²) >= 11 is 0. The molecule has 0 saturated heterocycles. The van der Waals surface area contributed by atoms with Gasteiger partial charge in [0.2, 0.25) is 0 Å². The lowest BCUT2D eigenvalue weighted by molar-refractivity contribution is -0.166. The first-order chi connectivity index (χ1) is 19.3. The molecule has 0 saturated carbocycles. The predicted molar refractivity (Wildman–Crippen MR) is 157 cm³/mol. The lowest BCUT2D eigenvalue weighted by atomic mass is 9.86. The van der Waals surface area contributed by atoms with Crippen LogP contribution in [0.3, 0.4) is 0 Å². The highest BCUT2D eigenvalue weighted by Gasteiger charge is 2.39. The highest BCUT2D eigenvalue weighted by molar-refractivity contribution is 5.88. The van der Waals surface area contributed by atoms with Gasteiger partial charge < -0.3 is 19.7 Å². The van der Waals surface area contributed by atoms with E-state index in [4.69, 9.17) is 9.47 Å². The Bertz CT molecular complexity index is 607. The van der Waals surface area contributed by atoms with Crippen molar-refractivity contribution in [1.82, 2.24) is 0 Å². The summed E-state index contributed by atoms with van der Waals surface area (Å²) in [6.45, 7) is 4.65. The van der Waals surface area contributed by atoms with Crippen molar-refractivity contribution in [1.29, 1.82) is 0 Å². The number of carbonyl (C=O) groups is 4. The minimum atomic E-state index is -1.39. The number of carboxylic acids is 2. The van der Waals surface area contributed by atoms with Gasteiger partial charge in [-0.1, -0.05) is 129 Å². The average Bonchev–Trinajstić information content (AvgIpc) is 2.91. The lowest BCUT2D eigenvalue weighted by Crippen LogP contribution is -2.36. The van der Waals surface area contributed by atoms with E-state index in [0.717, 1.165) is 38.5 Å². The van der Waals surface area contributed by atoms with Gasteiger partial charge in [0.05, 0.1) is 37.9 Å². The summed E-state index contributed by atoms with van der Waals surface area (Å²) < 4.78 is 10.6. The second-order valence-electron chi connectivity index (χ2n) is 11.1. The molecule has 0 heterocycles. The van der Waals surface area contributed by atoms with Gasteiger partial charge in [-0.3, -0.25) is 19.2 Å². The summed E-state index contributed by atoms with van der Waals surface area (Å²) in [7, 11) is 0. The Labute approximate surface area is 243 Å². The summed E-state index contributed by atoms with van der Waals surface area (Å²) in [5.74, 6) is -7.06. The van der Waals surface area contributed by atoms with Crippen LogP contribution in [-0.4, -0.2) is 47.3 Å². The Morgan fingerprint density at radius 1 is 0.450 bits per heavy atom. The van der Waals surface area contributed by atoms with E-state index in [2.05, 4.69) is 13.8 Å². The summed E-state index contributed by atoms with van der Waals surface area (Å²) in [5.41, 5.74) is 0. The molecule has 8 heteroatoms. The molecular weight excluding hydrogens is 512 g/mol. The van der Waals surface area contributed by atoms with E-state index < -0.39 is 48.6 Å². The van der Waals surface area contributed by atoms with Gasteiger partial charge in [-0.15, -0.1) is 0 Å². The maximum absolute atomic E-state index is 12.7. The van der Waals surface area contributed by atoms with Gasteiger partial charge in [-0.05, 0) is 12.8 Å². The van der Waals surface area contributed by atoms with E-state index in [0.29, 0.717) is 12.8 Å². The van der Waals surface area contributed by atoms with Crippen LogP contribution in [0, 0.1) is 11.8 Å². The second-order valence-corrected chi connectivity index (χ2v) is 11.1. The fraction of sp³-hybridized carbons (Fsp3) is 0.875. The van der Waals surface area contributed by atoms with Crippen molar-refractivity contribution in [3.8, 4) is 0 Å². The largest absolute Gasteiger partial charge is 0.481 e. The van der Waals surface area contributed by atoms with Crippen LogP contribution >= 0.6 is 0 Å². The summed E-state index contributed by atoms with van der Waals surface area (Å²) in [5, 5.41) is 18.7. The van der Waals surface area contributed by atoms with Crippen LogP contribution in [0.1, 0.15) is 155 Å². The molecule has 0 bridgehead atoms. The Kier molecular flexibility index (Phi) is 25.6. The fourth-order valence-electron chi connectivity index (χ4n) is 4.89. The quantitative estimate of drug-likeness (QED) is 0.0682. The molecule has 234 valence electrons. The van der Waals surface area contributed by atoms with Crippen LogP contribution in [0.25, 0.3) is 0 Å². The molecule has 2 N–H and O–H groups in total. The average molecular weight is 571 g/mol. The third kappa shape index (κ3) is 22.7. The zero-order valence-corrected chi connectivity index (χ0v) is 25.5. The first-order valence-corrected chi connectivity index (χ1v) is 16.1. The molecule has 0 aliphatic carbocycles. The molecule has 2 unspecified atom stereocenters. The molecule has 0 aliphatic rings. The van der Waals surface area contributed by atoms with Gasteiger partial charge in [0.15, 0.2) is 0 Å². The minimum Gasteiger partial charge on any atom is -0.481 e. The van der Waals surface area contributed by atoms with Crippen LogP contribution in [0.2, 0.25) is 0 Å². The molecule has 2 atom stereocenters. The third-order valence-corrected chi connectivity index (χ3v) is 7.36. The summed E-state index contributed by atoms with van der Waals surface area (Å²) in [6.07, 6.45) is 21.1. The van der Waals surface area contributed by atoms with Gasteiger partial charge in [0.1, 0.15) is 0 Å². The lowest BCUT2D eigenvalue weighted by Gasteiger charge is -2.22. The van der Waals surface area contributed by atoms with Gasteiger partial charge in [-0.25, -0.2) is 0 Å². The Balaban J connectivity index is 4.46. The van der Waals surface area contributed by atoms with Crippen molar-refractivity contribution in [2.45, 2.75) is 155 Å². The second kappa shape index (κ2) is 27.1. The van der Waals surface area contributed by atoms with Crippen LogP contribution in [-0.2, 0) is 28.7 Å². The van der Waals surface area contributed by atoms with Crippen LogP contribution in [0.5, 0.6) is 0 Å². The van der Waals surface area contributed by atoms with E-state index in [1.807, 2.05) is 0 Å².